The number of rotatable bonds is 5. The highest BCUT2D eigenvalue weighted by Crippen LogP contribution is 2.18. The molecule has 0 aliphatic heterocycles. The van der Waals surface area contributed by atoms with Crippen molar-refractivity contribution in [3.63, 3.8) is 0 Å². The highest BCUT2D eigenvalue weighted by Gasteiger charge is 2.17. The van der Waals surface area contributed by atoms with Crippen LogP contribution in [0.4, 0.5) is 0 Å². The Kier molecular flexibility index (Phi) is 5.16. The number of nitrogens with two attached hydrogens (primary N) is 1. The summed E-state index contributed by atoms with van der Waals surface area (Å²) >= 11 is 0. The summed E-state index contributed by atoms with van der Waals surface area (Å²) in [6.07, 6.45) is 0.665. The third kappa shape index (κ3) is 4.37. The number of carbonyl (C=O) groups is 1. The van der Waals surface area contributed by atoms with Gasteiger partial charge in [0.05, 0.1) is 12.1 Å². The maximum absolute atomic E-state index is 11.8. The number of carbonyl (C=O) groups excluding carboxylic acids is 1. The molecular weight excluding hydrogens is 228 g/mol. The van der Waals surface area contributed by atoms with Crippen LogP contribution in [-0.4, -0.2) is 17.1 Å². The topological polar surface area (TPSA) is 75.4 Å². The van der Waals surface area contributed by atoms with Crippen molar-refractivity contribution in [2.24, 2.45) is 11.7 Å². The van der Waals surface area contributed by atoms with Crippen molar-refractivity contribution in [3.8, 4) is 5.75 Å². The fraction of sp³-hybridized carbons (Fsp3) is 0.500. The largest absolute Gasteiger partial charge is 0.508 e. The van der Waals surface area contributed by atoms with E-state index in [-0.39, 0.29) is 17.7 Å². The molecule has 0 spiro atoms. The summed E-state index contributed by atoms with van der Waals surface area (Å²) in [5.74, 6) is 0.432. The van der Waals surface area contributed by atoms with Gasteiger partial charge < -0.3 is 16.2 Å². The van der Waals surface area contributed by atoms with Gasteiger partial charge >= 0.3 is 0 Å². The van der Waals surface area contributed by atoms with Crippen LogP contribution in [0.25, 0.3) is 0 Å². The number of hydrogen-bond acceptors (Lipinski definition) is 3. The molecule has 100 valence electrons. The maximum Gasteiger partial charge on any atom is 0.237 e. The molecule has 4 heteroatoms. The SMILES string of the molecule is CC(C)C[C@H](N)C(=O)NC(C)c1cccc(O)c1. The predicted molar refractivity (Wildman–Crippen MR) is 72.1 cm³/mol. The molecule has 1 unspecified atom stereocenters. The second-order valence-corrected chi connectivity index (χ2v) is 5.06. The van der Waals surface area contributed by atoms with Crippen molar-refractivity contribution in [3.05, 3.63) is 29.8 Å². The molecule has 0 bridgehead atoms. The zero-order valence-corrected chi connectivity index (χ0v) is 11.2. The normalized spacial score (nSPS) is 14.3. The molecule has 1 rings (SSSR count). The Morgan fingerprint density at radius 2 is 2.06 bits per heavy atom. The Bertz CT molecular complexity index is 405. The number of hydrogen-bond donors (Lipinski definition) is 3. The first kappa shape index (κ1) is 14.5. The highest BCUT2D eigenvalue weighted by atomic mass is 16.3. The maximum atomic E-state index is 11.8. The van der Waals surface area contributed by atoms with E-state index in [1.807, 2.05) is 26.8 Å². The van der Waals surface area contributed by atoms with Gasteiger partial charge in [-0.1, -0.05) is 26.0 Å². The zero-order valence-electron chi connectivity index (χ0n) is 11.2. The van der Waals surface area contributed by atoms with Crippen LogP contribution in [0.3, 0.4) is 0 Å². The van der Waals surface area contributed by atoms with Gasteiger partial charge in [-0.2, -0.15) is 0 Å². The van der Waals surface area contributed by atoms with Crippen LogP contribution in [-0.2, 0) is 4.79 Å². The molecule has 1 aromatic rings. The van der Waals surface area contributed by atoms with Crippen LogP contribution in [0.2, 0.25) is 0 Å². The molecule has 0 heterocycles. The number of benzene rings is 1. The van der Waals surface area contributed by atoms with Crippen LogP contribution in [0.1, 0.15) is 38.8 Å². The smallest absolute Gasteiger partial charge is 0.237 e. The molecular formula is C14H22N2O2. The van der Waals surface area contributed by atoms with Gasteiger partial charge in [0, 0.05) is 0 Å². The van der Waals surface area contributed by atoms with Crippen molar-refractivity contribution in [2.45, 2.75) is 39.3 Å². The molecule has 1 aromatic carbocycles. The molecule has 2 atom stereocenters. The second-order valence-electron chi connectivity index (χ2n) is 5.06. The van der Waals surface area contributed by atoms with Crippen LogP contribution in [0.5, 0.6) is 5.75 Å². The van der Waals surface area contributed by atoms with Crippen LogP contribution < -0.4 is 11.1 Å². The van der Waals surface area contributed by atoms with Gasteiger partial charge in [-0.05, 0) is 37.0 Å². The van der Waals surface area contributed by atoms with E-state index >= 15 is 0 Å². The van der Waals surface area contributed by atoms with E-state index in [9.17, 15) is 9.90 Å². The minimum atomic E-state index is -0.482. The first-order valence-electron chi connectivity index (χ1n) is 6.25. The number of aromatic hydroxyl groups is 1. The lowest BCUT2D eigenvalue weighted by atomic mass is 10.0. The van der Waals surface area contributed by atoms with Gasteiger partial charge in [0.15, 0.2) is 0 Å². The highest BCUT2D eigenvalue weighted by molar-refractivity contribution is 5.81. The predicted octanol–water partition coefficient (Wildman–Crippen LogP) is 1.94. The zero-order chi connectivity index (χ0) is 13.7. The second kappa shape index (κ2) is 6.40. The summed E-state index contributed by atoms with van der Waals surface area (Å²) in [6, 6.07) is 6.20. The van der Waals surface area contributed by atoms with Crippen molar-refractivity contribution >= 4 is 5.91 Å². The first-order valence-corrected chi connectivity index (χ1v) is 6.25. The van der Waals surface area contributed by atoms with E-state index in [4.69, 9.17) is 5.73 Å². The molecule has 0 aromatic heterocycles. The summed E-state index contributed by atoms with van der Waals surface area (Å²) < 4.78 is 0. The third-order valence-electron chi connectivity index (χ3n) is 2.79. The molecule has 0 radical (unpaired) electrons. The average molecular weight is 250 g/mol. The number of amides is 1. The number of nitrogens with one attached hydrogen (secondary N) is 1. The first-order chi connectivity index (χ1) is 8.40. The van der Waals surface area contributed by atoms with Crippen LogP contribution >= 0.6 is 0 Å². The lowest BCUT2D eigenvalue weighted by Crippen LogP contribution is -2.42. The van der Waals surface area contributed by atoms with Gasteiger partial charge in [-0.25, -0.2) is 0 Å². The van der Waals surface area contributed by atoms with E-state index in [0.717, 1.165) is 5.56 Å². The summed E-state index contributed by atoms with van der Waals surface area (Å²) in [5.41, 5.74) is 6.67. The average Bonchev–Trinajstić information content (AvgIpc) is 2.27. The lowest BCUT2D eigenvalue weighted by Gasteiger charge is -2.19. The van der Waals surface area contributed by atoms with Crippen molar-refractivity contribution in [1.82, 2.24) is 5.32 Å². The van der Waals surface area contributed by atoms with E-state index < -0.39 is 6.04 Å². The Hall–Kier alpha value is -1.55. The number of phenols is 1. The third-order valence-corrected chi connectivity index (χ3v) is 2.79. The molecule has 0 fully saturated rings. The molecule has 4 N–H and O–H groups in total. The van der Waals surface area contributed by atoms with E-state index in [1.54, 1.807) is 18.2 Å². The molecule has 4 nitrogen and oxygen atoms in total. The van der Waals surface area contributed by atoms with Gasteiger partial charge in [0.1, 0.15) is 5.75 Å². The van der Waals surface area contributed by atoms with Crippen molar-refractivity contribution in [1.29, 1.82) is 0 Å². The fourth-order valence-electron chi connectivity index (χ4n) is 1.81. The van der Waals surface area contributed by atoms with Gasteiger partial charge in [0.2, 0.25) is 5.91 Å². The van der Waals surface area contributed by atoms with Crippen LogP contribution in [0.15, 0.2) is 24.3 Å². The summed E-state index contributed by atoms with van der Waals surface area (Å²) in [4.78, 5) is 11.8. The molecule has 0 aliphatic rings. The Morgan fingerprint density at radius 1 is 1.39 bits per heavy atom. The minimum absolute atomic E-state index is 0.153. The monoisotopic (exact) mass is 250 g/mol. The van der Waals surface area contributed by atoms with E-state index in [1.165, 1.54) is 0 Å². The molecule has 0 saturated heterocycles. The fourth-order valence-corrected chi connectivity index (χ4v) is 1.81. The lowest BCUT2D eigenvalue weighted by molar-refractivity contribution is -0.123. The number of phenolic OH excluding ortho intramolecular Hbond substituents is 1. The van der Waals surface area contributed by atoms with Crippen molar-refractivity contribution in [2.75, 3.05) is 0 Å². The standard InChI is InChI=1S/C14H22N2O2/c1-9(2)7-13(15)14(18)16-10(3)11-5-4-6-12(17)8-11/h4-6,8-10,13,17H,7,15H2,1-3H3,(H,16,18)/t10?,13-/m0/s1. The van der Waals surface area contributed by atoms with Gasteiger partial charge in [-0.3, -0.25) is 4.79 Å². The minimum Gasteiger partial charge on any atom is -0.508 e. The van der Waals surface area contributed by atoms with Gasteiger partial charge in [-0.15, -0.1) is 0 Å². The Morgan fingerprint density at radius 3 is 2.61 bits per heavy atom. The molecule has 0 saturated carbocycles. The van der Waals surface area contributed by atoms with E-state index in [2.05, 4.69) is 5.32 Å². The molecule has 0 aliphatic carbocycles. The Labute approximate surface area is 108 Å². The van der Waals surface area contributed by atoms with Crippen LogP contribution in [0, 0.1) is 5.92 Å². The molecule has 1 amide bonds. The summed E-state index contributed by atoms with van der Waals surface area (Å²) in [7, 11) is 0. The molecule has 18 heavy (non-hydrogen) atoms. The Balaban J connectivity index is 2.59. The quantitative estimate of drug-likeness (QED) is 0.747. The van der Waals surface area contributed by atoms with E-state index in [0.29, 0.717) is 12.3 Å². The van der Waals surface area contributed by atoms with Gasteiger partial charge in [0.25, 0.3) is 0 Å². The van der Waals surface area contributed by atoms with Crippen molar-refractivity contribution < 1.29 is 9.90 Å². The summed E-state index contributed by atoms with van der Waals surface area (Å²) in [6.45, 7) is 5.94. The summed E-state index contributed by atoms with van der Waals surface area (Å²) in [5, 5.41) is 12.2.